The van der Waals surface area contributed by atoms with Crippen LogP contribution in [0.3, 0.4) is 0 Å². The Labute approximate surface area is 116 Å². The van der Waals surface area contributed by atoms with Crippen molar-refractivity contribution in [3.05, 3.63) is 28.5 Å². The first-order valence-electron chi connectivity index (χ1n) is 6.21. The molecule has 1 aliphatic heterocycles. The first kappa shape index (κ1) is 14.1. The van der Waals surface area contributed by atoms with Gasteiger partial charge in [0.2, 0.25) is 0 Å². The van der Waals surface area contributed by atoms with E-state index in [1.54, 1.807) is 0 Å². The van der Waals surface area contributed by atoms with Crippen molar-refractivity contribution in [3.63, 3.8) is 0 Å². The molecule has 0 aliphatic carbocycles. The molecule has 6 heteroatoms. The van der Waals surface area contributed by atoms with Gasteiger partial charge in [0, 0.05) is 6.04 Å². The molecular weight excluding hydrogens is 269 g/mol. The van der Waals surface area contributed by atoms with Gasteiger partial charge >= 0.3 is 0 Å². The van der Waals surface area contributed by atoms with Crippen LogP contribution in [0.4, 0.5) is 10.1 Å². The number of benzene rings is 1. The van der Waals surface area contributed by atoms with E-state index in [4.69, 9.17) is 17.3 Å². The van der Waals surface area contributed by atoms with Crippen LogP contribution in [0, 0.1) is 5.82 Å². The van der Waals surface area contributed by atoms with Crippen LogP contribution in [-0.2, 0) is 0 Å². The van der Waals surface area contributed by atoms with E-state index in [1.165, 1.54) is 6.07 Å². The number of piperidine rings is 1. The number of rotatable bonds is 2. The largest absolute Gasteiger partial charge is 0.397 e. The molecule has 0 unspecified atom stereocenters. The summed E-state index contributed by atoms with van der Waals surface area (Å²) in [7, 11) is 2.04. The molecule has 1 fully saturated rings. The van der Waals surface area contributed by atoms with Gasteiger partial charge in [-0.3, -0.25) is 4.79 Å². The summed E-state index contributed by atoms with van der Waals surface area (Å²) < 4.78 is 13.7. The lowest BCUT2D eigenvalue weighted by molar-refractivity contribution is 0.0913. The fourth-order valence-corrected chi connectivity index (χ4v) is 2.32. The molecule has 3 N–H and O–H groups in total. The Morgan fingerprint density at radius 1 is 1.47 bits per heavy atom. The second-order valence-corrected chi connectivity index (χ2v) is 5.31. The van der Waals surface area contributed by atoms with Crippen LogP contribution in [0.5, 0.6) is 0 Å². The number of hydrogen-bond acceptors (Lipinski definition) is 3. The predicted octanol–water partition coefficient (Wildman–Crippen LogP) is 1.89. The number of nitrogens with one attached hydrogen (secondary N) is 1. The van der Waals surface area contributed by atoms with Crippen LogP contribution in [0.15, 0.2) is 12.1 Å². The van der Waals surface area contributed by atoms with Crippen LogP contribution >= 0.6 is 11.6 Å². The van der Waals surface area contributed by atoms with Gasteiger partial charge in [0.25, 0.3) is 5.91 Å². The SMILES string of the molecule is CN1CCC(NC(=O)c2cc(Cl)c(N)cc2F)CC1. The fraction of sp³-hybridized carbons (Fsp3) is 0.462. The topological polar surface area (TPSA) is 58.4 Å². The molecule has 4 nitrogen and oxygen atoms in total. The average Bonchev–Trinajstić information content (AvgIpc) is 2.36. The van der Waals surface area contributed by atoms with Crippen LogP contribution < -0.4 is 11.1 Å². The van der Waals surface area contributed by atoms with Gasteiger partial charge in [-0.05, 0) is 45.1 Å². The molecule has 19 heavy (non-hydrogen) atoms. The molecule has 0 aromatic heterocycles. The minimum atomic E-state index is -0.646. The minimum Gasteiger partial charge on any atom is -0.397 e. The molecule has 1 aromatic carbocycles. The number of carbonyl (C=O) groups excluding carboxylic acids is 1. The van der Waals surface area contributed by atoms with E-state index in [9.17, 15) is 9.18 Å². The number of nitrogens with two attached hydrogens (primary N) is 1. The van der Waals surface area contributed by atoms with Gasteiger partial charge in [-0.25, -0.2) is 4.39 Å². The van der Waals surface area contributed by atoms with E-state index in [2.05, 4.69) is 10.2 Å². The standard InChI is InChI=1S/C13H17ClFN3O/c1-18-4-2-8(3-5-18)17-13(19)9-6-10(14)12(16)7-11(9)15/h6-8H,2-5,16H2,1H3,(H,17,19). The zero-order valence-electron chi connectivity index (χ0n) is 10.7. The zero-order valence-corrected chi connectivity index (χ0v) is 11.5. The maximum absolute atomic E-state index is 13.7. The lowest BCUT2D eigenvalue weighted by Crippen LogP contribution is -2.43. The second kappa shape index (κ2) is 5.75. The minimum absolute atomic E-state index is 0.0573. The molecular formula is C13H17ClFN3O. The van der Waals surface area contributed by atoms with E-state index >= 15 is 0 Å². The van der Waals surface area contributed by atoms with Crippen LogP contribution in [-0.4, -0.2) is 37.0 Å². The van der Waals surface area contributed by atoms with Crippen molar-refractivity contribution in [3.8, 4) is 0 Å². The zero-order chi connectivity index (χ0) is 14.0. The normalized spacial score (nSPS) is 17.4. The molecule has 1 saturated heterocycles. The molecule has 1 heterocycles. The monoisotopic (exact) mass is 285 g/mol. The number of nitrogen functional groups attached to an aromatic ring is 1. The lowest BCUT2D eigenvalue weighted by Gasteiger charge is -2.29. The third kappa shape index (κ3) is 3.36. The van der Waals surface area contributed by atoms with Gasteiger partial charge in [0.05, 0.1) is 16.3 Å². The third-order valence-corrected chi connectivity index (χ3v) is 3.71. The summed E-state index contributed by atoms with van der Waals surface area (Å²) >= 11 is 5.81. The third-order valence-electron chi connectivity index (χ3n) is 3.38. The number of halogens is 2. The van der Waals surface area contributed by atoms with E-state index in [0.29, 0.717) is 0 Å². The quantitative estimate of drug-likeness (QED) is 0.816. The Morgan fingerprint density at radius 3 is 2.74 bits per heavy atom. The Bertz CT molecular complexity index is 487. The highest BCUT2D eigenvalue weighted by atomic mass is 35.5. The molecule has 0 atom stereocenters. The van der Waals surface area contributed by atoms with E-state index in [-0.39, 0.29) is 22.3 Å². The van der Waals surface area contributed by atoms with Gasteiger partial charge in [0.15, 0.2) is 0 Å². The Morgan fingerprint density at radius 2 is 2.11 bits per heavy atom. The van der Waals surface area contributed by atoms with Crippen LogP contribution in [0.25, 0.3) is 0 Å². The van der Waals surface area contributed by atoms with Crippen LogP contribution in [0.1, 0.15) is 23.2 Å². The van der Waals surface area contributed by atoms with Crippen molar-refractivity contribution in [2.75, 3.05) is 25.9 Å². The summed E-state index contributed by atoms with van der Waals surface area (Å²) in [4.78, 5) is 14.2. The maximum atomic E-state index is 13.7. The summed E-state index contributed by atoms with van der Waals surface area (Å²) in [6.07, 6.45) is 1.74. The molecule has 0 radical (unpaired) electrons. The molecule has 104 valence electrons. The molecule has 1 aromatic rings. The van der Waals surface area contributed by atoms with Crippen molar-refractivity contribution in [2.24, 2.45) is 0 Å². The van der Waals surface area contributed by atoms with E-state index in [1.807, 2.05) is 7.05 Å². The lowest BCUT2D eigenvalue weighted by atomic mass is 10.0. The van der Waals surface area contributed by atoms with Crippen LogP contribution in [0.2, 0.25) is 5.02 Å². The first-order chi connectivity index (χ1) is 8.97. The van der Waals surface area contributed by atoms with Crippen molar-refractivity contribution in [1.82, 2.24) is 10.2 Å². The number of anilines is 1. The van der Waals surface area contributed by atoms with E-state index < -0.39 is 11.7 Å². The van der Waals surface area contributed by atoms with Gasteiger partial charge in [-0.15, -0.1) is 0 Å². The molecule has 1 aliphatic rings. The maximum Gasteiger partial charge on any atom is 0.254 e. The highest BCUT2D eigenvalue weighted by molar-refractivity contribution is 6.33. The Kier molecular flexibility index (Phi) is 4.27. The Balaban J connectivity index is 2.06. The molecule has 1 amide bonds. The summed E-state index contributed by atoms with van der Waals surface area (Å²) in [5, 5.41) is 3.03. The number of likely N-dealkylation sites (tertiary alicyclic amines) is 1. The highest BCUT2D eigenvalue weighted by Gasteiger charge is 2.21. The molecule has 0 bridgehead atoms. The number of carbonyl (C=O) groups is 1. The second-order valence-electron chi connectivity index (χ2n) is 4.90. The summed E-state index contributed by atoms with van der Waals surface area (Å²) in [5.74, 6) is -1.08. The fourth-order valence-electron chi connectivity index (χ4n) is 2.15. The van der Waals surface area contributed by atoms with Gasteiger partial charge < -0.3 is 16.0 Å². The molecule has 0 spiro atoms. The summed E-state index contributed by atoms with van der Waals surface area (Å²) in [6, 6.07) is 2.43. The van der Waals surface area contributed by atoms with Gasteiger partial charge in [-0.2, -0.15) is 0 Å². The highest BCUT2D eigenvalue weighted by Crippen LogP contribution is 2.23. The predicted molar refractivity (Wildman–Crippen MR) is 73.8 cm³/mol. The average molecular weight is 286 g/mol. The van der Waals surface area contributed by atoms with Crippen molar-refractivity contribution >= 4 is 23.2 Å². The van der Waals surface area contributed by atoms with Crippen molar-refractivity contribution in [1.29, 1.82) is 0 Å². The van der Waals surface area contributed by atoms with Crippen molar-refractivity contribution in [2.45, 2.75) is 18.9 Å². The summed E-state index contributed by atoms with van der Waals surface area (Å²) in [6.45, 7) is 1.85. The smallest absolute Gasteiger partial charge is 0.254 e. The summed E-state index contributed by atoms with van der Waals surface area (Å²) in [5.41, 5.74) is 5.56. The number of hydrogen-bond donors (Lipinski definition) is 2. The first-order valence-corrected chi connectivity index (χ1v) is 6.59. The van der Waals surface area contributed by atoms with E-state index in [0.717, 1.165) is 32.0 Å². The molecule has 2 rings (SSSR count). The number of nitrogens with zero attached hydrogens (tertiary/aromatic N) is 1. The van der Waals surface area contributed by atoms with Gasteiger partial charge in [-0.1, -0.05) is 11.6 Å². The van der Waals surface area contributed by atoms with Gasteiger partial charge in [0.1, 0.15) is 5.82 Å². The van der Waals surface area contributed by atoms with Crippen molar-refractivity contribution < 1.29 is 9.18 Å². The molecule has 0 saturated carbocycles. The number of amides is 1. The Hall–Kier alpha value is -1.33.